The van der Waals surface area contributed by atoms with Gasteiger partial charge in [-0.2, -0.15) is 0 Å². The van der Waals surface area contributed by atoms with Crippen LogP contribution in [-0.2, 0) is 4.79 Å². The van der Waals surface area contributed by atoms with E-state index in [4.69, 9.17) is 0 Å². The van der Waals surface area contributed by atoms with E-state index in [0.29, 0.717) is 11.8 Å². The number of anilines is 1. The highest BCUT2D eigenvalue weighted by atomic mass is 16.1. The van der Waals surface area contributed by atoms with Crippen LogP contribution in [0, 0.1) is 37.5 Å². The number of fused-ring (bicyclic) bond motifs is 2. The largest absolute Gasteiger partial charge is 0.356 e. The molecule has 2 bridgehead atoms. The van der Waals surface area contributed by atoms with Gasteiger partial charge >= 0.3 is 0 Å². The highest BCUT2D eigenvalue weighted by Crippen LogP contribution is 2.43. The zero-order chi connectivity index (χ0) is 17.4. The summed E-state index contributed by atoms with van der Waals surface area (Å²) >= 11 is 0. The summed E-state index contributed by atoms with van der Waals surface area (Å²) in [6.07, 6.45) is 9.22. The molecular formula is C20H28N4O. The number of carbonyl (C=O) groups is 1. The van der Waals surface area contributed by atoms with Crippen LogP contribution in [0.15, 0.2) is 18.2 Å². The number of carbonyl (C=O) groups excluding carboxylic acids is 1. The second-order valence-corrected chi connectivity index (χ2v) is 8.02. The minimum atomic E-state index is 0.0484. The lowest BCUT2D eigenvalue weighted by Crippen LogP contribution is -2.45. The number of allylic oxidation sites excluding steroid dienone is 2. The van der Waals surface area contributed by atoms with Gasteiger partial charge in [0.1, 0.15) is 0 Å². The van der Waals surface area contributed by atoms with Crippen LogP contribution in [-0.4, -0.2) is 35.5 Å². The van der Waals surface area contributed by atoms with E-state index in [1.807, 2.05) is 19.9 Å². The molecular weight excluding hydrogens is 312 g/mol. The zero-order valence-corrected chi connectivity index (χ0v) is 15.2. The fourth-order valence-electron chi connectivity index (χ4n) is 4.73. The normalized spacial score (nSPS) is 30.7. The molecule has 25 heavy (non-hydrogen) atoms. The summed E-state index contributed by atoms with van der Waals surface area (Å²) in [6, 6.07) is 1.99. The summed E-state index contributed by atoms with van der Waals surface area (Å²) in [6.45, 7) is 6.49. The highest BCUT2D eigenvalue weighted by molar-refractivity contribution is 5.79. The van der Waals surface area contributed by atoms with E-state index >= 15 is 0 Å². The Balaban J connectivity index is 1.34. The van der Waals surface area contributed by atoms with Crippen LogP contribution >= 0.6 is 0 Å². The molecule has 1 aliphatic heterocycles. The van der Waals surface area contributed by atoms with Crippen molar-refractivity contribution in [3.05, 3.63) is 29.6 Å². The Bertz CT molecular complexity index is 666. The predicted molar refractivity (Wildman–Crippen MR) is 98.3 cm³/mol. The van der Waals surface area contributed by atoms with Crippen molar-refractivity contribution in [2.24, 2.45) is 23.7 Å². The molecule has 134 valence electrons. The average molecular weight is 340 g/mol. The van der Waals surface area contributed by atoms with E-state index in [1.54, 1.807) is 0 Å². The van der Waals surface area contributed by atoms with Crippen LogP contribution in [0.2, 0.25) is 0 Å². The summed E-state index contributed by atoms with van der Waals surface area (Å²) in [7, 11) is 0. The van der Waals surface area contributed by atoms with Crippen molar-refractivity contribution < 1.29 is 4.79 Å². The molecule has 3 aliphatic rings. The number of hydrogen-bond donors (Lipinski definition) is 1. The molecule has 0 aromatic carbocycles. The molecule has 1 saturated carbocycles. The number of nitrogens with zero attached hydrogens (tertiary/aromatic N) is 3. The molecule has 4 rings (SSSR count). The molecule has 5 nitrogen and oxygen atoms in total. The Kier molecular flexibility index (Phi) is 4.48. The maximum absolute atomic E-state index is 12.7. The first-order valence-corrected chi connectivity index (χ1v) is 9.62. The van der Waals surface area contributed by atoms with Crippen molar-refractivity contribution in [3.63, 3.8) is 0 Å². The molecule has 2 heterocycles. The summed E-state index contributed by atoms with van der Waals surface area (Å²) in [4.78, 5) is 24.0. The van der Waals surface area contributed by atoms with Gasteiger partial charge in [0, 0.05) is 31.0 Å². The molecule has 1 aromatic heterocycles. The van der Waals surface area contributed by atoms with Gasteiger partial charge in [0.2, 0.25) is 11.9 Å². The number of aromatic nitrogens is 2. The summed E-state index contributed by atoms with van der Waals surface area (Å²) in [5.41, 5.74) is 1.97. The maximum Gasteiger partial charge on any atom is 0.225 e. The monoisotopic (exact) mass is 340 g/mol. The fraction of sp³-hybridized carbons (Fsp3) is 0.650. The SMILES string of the molecule is Cc1cc(C)nc(N2CCC[C@H](C(=O)NC[C@H]3C[C@@H]4C=C[C@H]3C4)C2)n1. The van der Waals surface area contributed by atoms with Gasteiger partial charge in [-0.05, 0) is 63.4 Å². The van der Waals surface area contributed by atoms with Gasteiger partial charge in [-0.15, -0.1) is 0 Å². The number of amides is 1. The number of nitrogens with one attached hydrogen (secondary N) is 1. The first kappa shape index (κ1) is 16.6. The van der Waals surface area contributed by atoms with Crippen molar-refractivity contribution in [3.8, 4) is 0 Å². The van der Waals surface area contributed by atoms with Crippen LogP contribution in [0.4, 0.5) is 5.95 Å². The third-order valence-electron chi connectivity index (χ3n) is 6.00. The van der Waals surface area contributed by atoms with Crippen molar-refractivity contribution in [2.75, 3.05) is 24.5 Å². The second-order valence-electron chi connectivity index (χ2n) is 8.02. The van der Waals surface area contributed by atoms with Crippen molar-refractivity contribution in [1.29, 1.82) is 0 Å². The Morgan fingerprint density at radius 2 is 2.04 bits per heavy atom. The standard InChI is InChI=1S/C20H28N4O/c1-13-8-14(2)23-20(22-13)24-7-3-4-17(12-24)19(25)21-11-18-10-15-5-6-16(18)9-15/h5-6,8,15-18H,3-4,7,9-12H2,1-2H3,(H,21,25)/t15-,16+,17+,18-/m1/s1. The number of hydrogen-bond acceptors (Lipinski definition) is 4. The number of aryl methyl sites for hydroxylation is 2. The molecule has 1 aromatic rings. The lowest BCUT2D eigenvalue weighted by molar-refractivity contribution is -0.125. The minimum Gasteiger partial charge on any atom is -0.356 e. The number of rotatable bonds is 4. The first-order valence-electron chi connectivity index (χ1n) is 9.62. The molecule has 1 N–H and O–H groups in total. The van der Waals surface area contributed by atoms with Gasteiger partial charge in [0.15, 0.2) is 0 Å². The average Bonchev–Trinajstić information content (AvgIpc) is 3.22. The lowest BCUT2D eigenvalue weighted by Gasteiger charge is -2.32. The van der Waals surface area contributed by atoms with Crippen LogP contribution in [0.1, 0.15) is 37.1 Å². The molecule has 2 aliphatic carbocycles. The van der Waals surface area contributed by atoms with Gasteiger partial charge in [0.05, 0.1) is 5.92 Å². The van der Waals surface area contributed by atoms with Crippen LogP contribution < -0.4 is 10.2 Å². The van der Waals surface area contributed by atoms with E-state index in [9.17, 15) is 4.79 Å². The molecule has 1 amide bonds. The predicted octanol–water partition coefficient (Wildman–Crippen LogP) is 2.64. The van der Waals surface area contributed by atoms with E-state index in [-0.39, 0.29) is 11.8 Å². The van der Waals surface area contributed by atoms with Gasteiger partial charge in [-0.3, -0.25) is 4.79 Å². The summed E-state index contributed by atoms with van der Waals surface area (Å²) < 4.78 is 0. The van der Waals surface area contributed by atoms with Crippen molar-refractivity contribution in [1.82, 2.24) is 15.3 Å². The molecule has 0 unspecified atom stereocenters. The van der Waals surface area contributed by atoms with Gasteiger partial charge in [-0.25, -0.2) is 9.97 Å². The van der Waals surface area contributed by atoms with Gasteiger partial charge < -0.3 is 10.2 Å². The highest BCUT2D eigenvalue weighted by Gasteiger charge is 2.36. The molecule has 5 heteroatoms. The van der Waals surface area contributed by atoms with Crippen molar-refractivity contribution >= 4 is 11.9 Å². The smallest absolute Gasteiger partial charge is 0.225 e. The van der Waals surface area contributed by atoms with E-state index in [0.717, 1.165) is 55.7 Å². The molecule has 1 saturated heterocycles. The lowest BCUT2D eigenvalue weighted by atomic mass is 9.92. The number of piperidine rings is 1. The topological polar surface area (TPSA) is 58.1 Å². The molecule has 0 radical (unpaired) electrons. The maximum atomic E-state index is 12.7. The Morgan fingerprint density at radius 1 is 1.24 bits per heavy atom. The Labute approximate surface area is 149 Å². The van der Waals surface area contributed by atoms with Crippen LogP contribution in [0.3, 0.4) is 0 Å². The Morgan fingerprint density at radius 3 is 2.72 bits per heavy atom. The van der Waals surface area contributed by atoms with E-state index in [2.05, 4.69) is 32.3 Å². The van der Waals surface area contributed by atoms with Crippen LogP contribution in [0.25, 0.3) is 0 Å². The molecule has 4 atom stereocenters. The second kappa shape index (κ2) is 6.77. The quantitative estimate of drug-likeness (QED) is 0.856. The fourth-order valence-corrected chi connectivity index (χ4v) is 4.73. The zero-order valence-electron chi connectivity index (χ0n) is 15.2. The van der Waals surface area contributed by atoms with Gasteiger partial charge in [0.25, 0.3) is 0 Å². The molecule has 2 fully saturated rings. The van der Waals surface area contributed by atoms with Crippen LogP contribution in [0.5, 0.6) is 0 Å². The van der Waals surface area contributed by atoms with Crippen molar-refractivity contribution in [2.45, 2.75) is 39.5 Å². The van der Waals surface area contributed by atoms with Gasteiger partial charge in [-0.1, -0.05) is 12.2 Å². The van der Waals surface area contributed by atoms with E-state index < -0.39 is 0 Å². The minimum absolute atomic E-state index is 0.0484. The summed E-state index contributed by atoms with van der Waals surface area (Å²) in [5.74, 6) is 3.12. The summed E-state index contributed by atoms with van der Waals surface area (Å²) in [5, 5.41) is 3.23. The first-order chi connectivity index (χ1) is 12.1. The molecule has 0 spiro atoms. The van der Waals surface area contributed by atoms with E-state index in [1.165, 1.54) is 12.8 Å². The third-order valence-corrected chi connectivity index (χ3v) is 6.00. The third kappa shape index (κ3) is 3.55. The Hall–Kier alpha value is -1.91.